The Kier molecular flexibility index (Phi) is 3.69. The number of halogens is 2. The van der Waals surface area contributed by atoms with Crippen molar-refractivity contribution < 1.29 is 4.74 Å². The highest BCUT2D eigenvalue weighted by molar-refractivity contribution is 9.11. The summed E-state index contributed by atoms with van der Waals surface area (Å²) in [7, 11) is 0. The highest BCUT2D eigenvalue weighted by atomic mass is 79.9. The lowest BCUT2D eigenvalue weighted by atomic mass is 10.3. The van der Waals surface area contributed by atoms with Gasteiger partial charge in [-0.05, 0) is 6.92 Å². The first kappa shape index (κ1) is 9.68. The van der Waals surface area contributed by atoms with Crippen LogP contribution in [0.4, 0.5) is 0 Å². The van der Waals surface area contributed by atoms with Gasteiger partial charge in [-0.3, -0.25) is 0 Å². The Balaban J connectivity index is 2.91. The van der Waals surface area contributed by atoms with Gasteiger partial charge < -0.3 is 9.72 Å². The van der Waals surface area contributed by atoms with Crippen molar-refractivity contribution in [3.63, 3.8) is 0 Å². The van der Waals surface area contributed by atoms with Gasteiger partial charge in [-0.15, -0.1) is 0 Å². The minimum absolute atomic E-state index is 0.625. The molecule has 0 saturated heterocycles. The molecule has 0 saturated carbocycles. The van der Waals surface area contributed by atoms with Crippen LogP contribution in [0.1, 0.15) is 12.5 Å². The lowest BCUT2D eigenvalue weighted by Crippen LogP contribution is -1.91. The summed E-state index contributed by atoms with van der Waals surface area (Å²) in [5, 5.41) is 0.625. The largest absolute Gasteiger partial charge is 0.492 e. The van der Waals surface area contributed by atoms with E-state index < -0.39 is 0 Å². The fourth-order valence-electron chi connectivity index (χ4n) is 0.870. The van der Waals surface area contributed by atoms with E-state index in [1.807, 2.05) is 6.92 Å². The minimum atomic E-state index is 0.625. The van der Waals surface area contributed by atoms with Crippen LogP contribution in [0.3, 0.4) is 0 Å². The second kappa shape index (κ2) is 4.58. The topological polar surface area (TPSA) is 25.0 Å². The van der Waals surface area contributed by atoms with E-state index in [0.717, 1.165) is 11.3 Å². The monoisotopic (exact) mass is 249 g/mol. The first-order valence-electron chi connectivity index (χ1n) is 3.55. The Morgan fingerprint density at radius 1 is 1.75 bits per heavy atom. The highest BCUT2D eigenvalue weighted by Gasteiger charge is 2.06. The molecule has 0 atom stereocenters. The van der Waals surface area contributed by atoms with Crippen LogP contribution in [0.25, 0.3) is 5.03 Å². The van der Waals surface area contributed by atoms with Crippen molar-refractivity contribution in [1.29, 1.82) is 0 Å². The summed E-state index contributed by atoms with van der Waals surface area (Å²) in [6.07, 6.45) is 3.57. The summed E-state index contributed by atoms with van der Waals surface area (Å²) < 4.78 is 5.32. The molecule has 1 heterocycles. The van der Waals surface area contributed by atoms with Crippen molar-refractivity contribution in [2.75, 3.05) is 6.61 Å². The van der Waals surface area contributed by atoms with E-state index in [4.69, 9.17) is 16.3 Å². The Hall–Kier alpha value is -0.410. The van der Waals surface area contributed by atoms with E-state index in [1.54, 1.807) is 17.4 Å². The average molecular weight is 251 g/mol. The molecule has 0 aliphatic rings. The van der Waals surface area contributed by atoms with Gasteiger partial charge in [0.05, 0.1) is 17.2 Å². The van der Waals surface area contributed by atoms with E-state index >= 15 is 0 Å². The average Bonchev–Trinajstić information content (AvgIpc) is 2.52. The molecule has 0 radical (unpaired) electrons. The zero-order valence-corrected chi connectivity index (χ0v) is 8.95. The molecule has 1 N–H and O–H groups in total. The Labute approximate surface area is 84.7 Å². The number of hydrogen-bond donors (Lipinski definition) is 1. The number of ether oxygens (including phenoxy) is 1. The molecule has 0 fully saturated rings. The van der Waals surface area contributed by atoms with Gasteiger partial charge in [-0.2, -0.15) is 0 Å². The van der Waals surface area contributed by atoms with Gasteiger partial charge in [-0.25, -0.2) is 0 Å². The fraction of sp³-hybridized carbons (Fsp3) is 0.250. The summed E-state index contributed by atoms with van der Waals surface area (Å²) in [5.41, 5.74) is 0.871. The van der Waals surface area contributed by atoms with E-state index in [-0.39, 0.29) is 0 Å². The van der Waals surface area contributed by atoms with Crippen LogP contribution in [0.5, 0.6) is 5.75 Å². The molecule has 0 amide bonds. The zero-order chi connectivity index (χ0) is 8.97. The van der Waals surface area contributed by atoms with Crippen molar-refractivity contribution in [3.8, 4) is 5.75 Å². The van der Waals surface area contributed by atoms with Gasteiger partial charge in [0.1, 0.15) is 5.75 Å². The molecule has 4 heteroatoms. The Bertz CT molecular complexity index is 282. The van der Waals surface area contributed by atoms with E-state index in [0.29, 0.717) is 11.6 Å². The maximum absolute atomic E-state index is 5.89. The zero-order valence-electron chi connectivity index (χ0n) is 6.60. The molecule has 1 rings (SSSR count). The summed E-state index contributed by atoms with van der Waals surface area (Å²) in [6, 6.07) is 0. The summed E-state index contributed by atoms with van der Waals surface area (Å²) in [5.74, 6) is 0.776. The first-order chi connectivity index (χ1) is 5.79. The summed E-state index contributed by atoms with van der Waals surface area (Å²) >= 11 is 9.05. The molecule has 0 aromatic carbocycles. The fourth-order valence-corrected chi connectivity index (χ4v) is 1.26. The van der Waals surface area contributed by atoms with Crippen LogP contribution in [0.2, 0.25) is 0 Å². The number of aromatic amines is 1. The van der Waals surface area contributed by atoms with Gasteiger partial charge in [0.15, 0.2) is 0 Å². The van der Waals surface area contributed by atoms with Gasteiger partial charge in [0.2, 0.25) is 0 Å². The predicted octanol–water partition coefficient (Wildman–Crippen LogP) is 3.35. The van der Waals surface area contributed by atoms with Crippen LogP contribution in [-0.4, -0.2) is 11.6 Å². The van der Waals surface area contributed by atoms with E-state index in [9.17, 15) is 0 Å². The molecule has 2 nitrogen and oxygen atoms in total. The van der Waals surface area contributed by atoms with Crippen LogP contribution in [-0.2, 0) is 0 Å². The first-order valence-corrected chi connectivity index (χ1v) is 4.84. The number of hydrogen-bond acceptors (Lipinski definition) is 1. The predicted molar refractivity (Wildman–Crippen MR) is 54.7 cm³/mol. The van der Waals surface area contributed by atoms with Gasteiger partial charge in [0, 0.05) is 17.4 Å². The summed E-state index contributed by atoms with van der Waals surface area (Å²) in [6.45, 7) is 2.57. The molecular formula is C8H9BrClNO. The third kappa shape index (κ3) is 2.05. The minimum Gasteiger partial charge on any atom is -0.492 e. The molecule has 12 heavy (non-hydrogen) atoms. The third-order valence-corrected chi connectivity index (χ3v) is 2.39. The molecule has 0 spiro atoms. The van der Waals surface area contributed by atoms with Crippen LogP contribution in [0.15, 0.2) is 17.4 Å². The Morgan fingerprint density at radius 2 is 2.50 bits per heavy atom. The molecule has 0 unspecified atom stereocenters. The lowest BCUT2D eigenvalue weighted by molar-refractivity contribution is 0.340. The lowest BCUT2D eigenvalue weighted by Gasteiger charge is -2.01. The number of H-pyrrole nitrogens is 1. The van der Waals surface area contributed by atoms with Crippen molar-refractivity contribution >= 4 is 32.6 Å². The molecule has 1 aromatic heterocycles. The highest BCUT2D eigenvalue weighted by Crippen LogP contribution is 2.29. The van der Waals surface area contributed by atoms with Gasteiger partial charge in [0.25, 0.3) is 0 Å². The SMILES string of the molecule is CCOc1c[nH]cc1/C(Cl)=C/Br. The quantitative estimate of drug-likeness (QED) is 0.874. The number of aromatic nitrogens is 1. The van der Waals surface area contributed by atoms with Crippen molar-refractivity contribution in [3.05, 3.63) is 22.9 Å². The van der Waals surface area contributed by atoms with Gasteiger partial charge in [-0.1, -0.05) is 27.5 Å². The third-order valence-electron chi connectivity index (χ3n) is 1.36. The van der Waals surface area contributed by atoms with Crippen molar-refractivity contribution in [2.24, 2.45) is 0 Å². The second-order valence-electron chi connectivity index (χ2n) is 2.12. The maximum atomic E-state index is 5.89. The molecule has 1 aromatic rings. The number of rotatable bonds is 3. The van der Waals surface area contributed by atoms with Crippen LogP contribution in [0, 0.1) is 0 Å². The molecule has 0 bridgehead atoms. The molecule has 0 aliphatic carbocycles. The Morgan fingerprint density at radius 3 is 3.08 bits per heavy atom. The molecule has 0 aliphatic heterocycles. The summed E-state index contributed by atoms with van der Waals surface area (Å²) in [4.78, 5) is 4.58. The smallest absolute Gasteiger partial charge is 0.145 e. The van der Waals surface area contributed by atoms with E-state index in [1.165, 1.54) is 0 Å². The van der Waals surface area contributed by atoms with Crippen LogP contribution < -0.4 is 4.74 Å². The maximum Gasteiger partial charge on any atom is 0.145 e. The second-order valence-corrected chi connectivity index (χ2v) is 2.99. The van der Waals surface area contributed by atoms with Gasteiger partial charge >= 0.3 is 0 Å². The van der Waals surface area contributed by atoms with Crippen LogP contribution >= 0.6 is 27.5 Å². The molecular weight excluding hydrogens is 241 g/mol. The normalized spacial score (nSPS) is 11.8. The molecule has 66 valence electrons. The van der Waals surface area contributed by atoms with E-state index in [2.05, 4.69) is 20.9 Å². The number of nitrogens with one attached hydrogen (secondary N) is 1. The standard InChI is InChI=1S/C8H9BrClNO/c1-2-12-8-5-11-4-6(8)7(10)3-9/h3-5,11H,2H2,1H3/b7-3-. The van der Waals surface area contributed by atoms with Crippen molar-refractivity contribution in [2.45, 2.75) is 6.92 Å². The van der Waals surface area contributed by atoms with Crippen molar-refractivity contribution in [1.82, 2.24) is 4.98 Å².